The Morgan fingerprint density at radius 2 is 2.17 bits per heavy atom. The fourth-order valence-electron chi connectivity index (χ4n) is 1.42. The molecule has 0 aliphatic rings. The number of rotatable bonds is 6. The fourth-order valence-corrected chi connectivity index (χ4v) is 1.42. The van der Waals surface area contributed by atoms with Crippen molar-refractivity contribution in [3.05, 3.63) is 18.2 Å². The maximum absolute atomic E-state index is 11.7. The van der Waals surface area contributed by atoms with Crippen LogP contribution in [0.5, 0.6) is 11.5 Å². The second kappa shape index (κ2) is 6.74. The third-order valence-corrected chi connectivity index (χ3v) is 2.41. The summed E-state index contributed by atoms with van der Waals surface area (Å²) in [5, 5.41) is 2.77. The van der Waals surface area contributed by atoms with Crippen LogP contribution < -0.4 is 20.5 Å². The van der Waals surface area contributed by atoms with Crippen LogP contribution in [0.25, 0.3) is 0 Å². The van der Waals surface area contributed by atoms with Crippen LogP contribution in [-0.2, 0) is 4.79 Å². The molecule has 100 valence electrons. The normalized spacial score (nSPS) is 11.7. The number of benzene rings is 1. The molecule has 1 atom stereocenters. The number of hydrogen-bond donors (Lipinski definition) is 2. The zero-order valence-corrected chi connectivity index (χ0v) is 11.0. The van der Waals surface area contributed by atoms with Gasteiger partial charge >= 0.3 is 0 Å². The number of nitrogens with one attached hydrogen (secondary N) is 1. The van der Waals surface area contributed by atoms with Crippen LogP contribution in [0, 0.1) is 0 Å². The van der Waals surface area contributed by atoms with Crippen molar-refractivity contribution in [2.75, 3.05) is 19.4 Å². The molecule has 1 aromatic carbocycles. The molecule has 0 aliphatic heterocycles. The number of ether oxygens (including phenoxy) is 2. The minimum atomic E-state index is -0.575. The molecule has 0 fully saturated rings. The van der Waals surface area contributed by atoms with Crippen LogP contribution in [0.3, 0.4) is 0 Å². The Balaban J connectivity index is 2.69. The first kappa shape index (κ1) is 14.2. The second-order valence-electron chi connectivity index (χ2n) is 3.96. The van der Waals surface area contributed by atoms with Gasteiger partial charge in [-0.3, -0.25) is 4.79 Å². The third kappa shape index (κ3) is 3.84. The molecule has 18 heavy (non-hydrogen) atoms. The quantitative estimate of drug-likeness (QED) is 0.754. The molecule has 0 heterocycles. The number of anilines is 1. The van der Waals surface area contributed by atoms with Crippen LogP contribution in [0.15, 0.2) is 18.2 Å². The van der Waals surface area contributed by atoms with Crippen LogP contribution in [-0.4, -0.2) is 25.7 Å². The van der Waals surface area contributed by atoms with Crippen molar-refractivity contribution < 1.29 is 14.3 Å². The molecule has 1 rings (SSSR count). The first-order chi connectivity index (χ1) is 8.58. The van der Waals surface area contributed by atoms with E-state index in [9.17, 15) is 4.79 Å². The van der Waals surface area contributed by atoms with Gasteiger partial charge in [-0.2, -0.15) is 0 Å². The van der Waals surface area contributed by atoms with E-state index in [-0.39, 0.29) is 5.91 Å². The Kier molecular flexibility index (Phi) is 5.30. The molecule has 0 radical (unpaired) electrons. The van der Waals surface area contributed by atoms with Crippen molar-refractivity contribution in [2.45, 2.75) is 26.4 Å². The Bertz CT molecular complexity index is 407. The van der Waals surface area contributed by atoms with Gasteiger partial charge in [-0.15, -0.1) is 0 Å². The highest BCUT2D eigenvalue weighted by Gasteiger charge is 2.16. The fraction of sp³-hybridized carbons (Fsp3) is 0.462. The molecular formula is C13H20N2O3. The molecule has 0 aliphatic carbocycles. The average Bonchev–Trinajstić information content (AvgIpc) is 2.37. The highest BCUT2D eigenvalue weighted by molar-refractivity contribution is 5.80. The maximum Gasteiger partial charge on any atom is 0.260 e. The summed E-state index contributed by atoms with van der Waals surface area (Å²) >= 11 is 0. The summed E-state index contributed by atoms with van der Waals surface area (Å²) in [5.74, 6) is 0.881. The van der Waals surface area contributed by atoms with Crippen molar-refractivity contribution in [3.63, 3.8) is 0 Å². The van der Waals surface area contributed by atoms with E-state index in [2.05, 4.69) is 5.32 Å². The van der Waals surface area contributed by atoms with Gasteiger partial charge in [-0.05, 0) is 25.5 Å². The first-order valence-corrected chi connectivity index (χ1v) is 5.96. The number of carbonyl (C=O) groups excluding carboxylic acids is 1. The van der Waals surface area contributed by atoms with Gasteiger partial charge in [-0.1, -0.05) is 6.92 Å². The third-order valence-electron chi connectivity index (χ3n) is 2.41. The van der Waals surface area contributed by atoms with E-state index in [4.69, 9.17) is 15.2 Å². The molecule has 0 spiro atoms. The summed E-state index contributed by atoms with van der Waals surface area (Å²) in [6.07, 6.45) is 0.318. The van der Waals surface area contributed by atoms with Crippen molar-refractivity contribution in [1.29, 1.82) is 0 Å². The number of amides is 1. The van der Waals surface area contributed by atoms with Gasteiger partial charge in [0, 0.05) is 18.3 Å². The number of methoxy groups -OCH3 is 1. The lowest BCUT2D eigenvalue weighted by Crippen LogP contribution is -2.36. The summed E-state index contributed by atoms with van der Waals surface area (Å²) < 4.78 is 10.7. The highest BCUT2D eigenvalue weighted by Crippen LogP contribution is 2.29. The highest BCUT2D eigenvalue weighted by atomic mass is 16.5. The Hall–Kier alpha value is -1.91. The summed E-state index contributed by atoms with van der Waals surface area (Å²) in [5.41, 5.74) is 6.23. The van der Waals surface area contributed by atoms with Gasteiger partial charge in [0.25, 0.3) is 5.91 Å². The van der Waals surface area contributed by atoms with Gasteiger partial charge in [0.15, 0.2) is 17.6 Å². The summed E-state index contributed by atoms with van der Waals surface area (Å²) in [4.78, 5) is 11.7. The average molecular weight is 252 g/mol. The Labute approximate surface area is 107 Å². The Morgan fingerprint density at radius 1 is 1.44 bits per heavy atom. The van der Waals surface area contributed by atoms with Crippen LogP contribution in [0.4, 0.5) is 5.69 Å². The monoisotopic (exact) mass is 252 g/mol. The summed E-state index contributed by atoms with van der Waals surface area (Å²) in [7, 11) is 1.53. The van der Waals surface area contributed by atoms with E-state index in [1.54, 1.807) is 25.1 Å². The first-order valence-electron chi connectivity index (χ1n) is 5.96. The largest absolute Gasteiger partial charge is 0.493 e. The van der Waals surface area contributed by atoms with Crippen molar-refractivity contribution in [3.8, 4) is 11.5 Å². The van der Waals surface area contributed by atoms with Gasteiger partial charge < -0.3 is 20.5 Å². The lowest BCUT2D eigenvalue weighted by molar-refractivity contribution is -0.127. The zero-order valence-electron chi connectivity index (χ0n) is 11.0. The standard InChI is InChI=1S/C13H20N2O3/c1-4-7-15-13(16)9(2)18-11-6-5-10(14)8-12(11)17-3/h5-6,8-9H,4,7,14H2,1-3H3,(H,15,16). The number of nitrogens with two attached hydrogens (primary N) is 1. The van der Waals surface area contributed by atoms with Gasteiger partial charge in [0.05, 0.1) is 7.11 Å². The number of hydrogen-bond acceptors (Lipinski definition) is 4. The molecule has 0 bridgehead atoms. The molecule has 0 saturated heterocycles. The van der Waals surface area contributed by atoms with Gasteiger partial charge in [0.2, 0.25) is 0 Å². The molecule has 1 amide bonds. The molecule has 0 aromatic heterocycles. The van der Waals surface area contributed by atoms with Crippen molar-refractivity contribution in [1.82, 2.24) is 5.32 Å². The van der Waals surface area contributed by atoms with Gasteiger partial charge in [0.1, 0.15) is 0 Å². The molecule has 0 saturated carbocycles. The molecular weight excluding hydrogens is 232 g/mol. The molecule has 5 nitrogen and oxygen atoms in total. The number of nitrogen functional groups attached to an aromatic ring is 1. The molecule has 1 aromatic rings. The second-order valence-corrected chi connectivity index (χ2v) is 3.96. The van der Waals surface area contributed by atoms with Gasteiger partial charge in [-0.25, -0.2) is 0 Å². The molecule has 3 N–H and O–H groups in total. The van der Waals surface area contributed by atoms with Crippen LogP contribution >= 0.6 is 0 Å². The topological polar surface area (TPSA) is 73.6 Å². The van der Waals surface area contributed by atoms with E-state index in [0.717, 1.165) is 6.42 Å². The predicted octanol–water partition coefficient (Wildman–Crippen LogP) is 1.57. The zero-order chi connectivity index (χ0) is 13.5. The summed E-state index contributed by atoms with van der Waals surface area (Å²) in [6, 6.07) is 5.05. The number of carbonyl (C=O) groups is 1. The lowest BCUT2D eigenvalue weighted by atomic mass is 10.2. The van der Waals surface area contributed by atoms with E-state index >= 15 is 0 Å². The molecule has 5 heteroatoms. The minimum absolute atomic E-state index is 0.143. The Morgan fingerprint density at radius 3 is 2.78 bits per heavy atom. The van der Waals surface area contributed by atoms with Crippen molar-refractivity contribution in [2.24, 2.45) is 0 Å². The van der Waals surface area contributed by atoms with Crippen LogP contribution in [0.2, 0.25) is 0 Å². The smallest absolute Gasteiger partial charge is 0.260 e. The van der Waals surface area contributed by atoms with Crippen molar-refractivity contribution >= 4 is 11.6 Å². The lowest BCUT2D eigenvalue weighted by Gasteiger charge is -2.16. The maximum atomic E-state index is 11.7. The van der Waals surface area contributed by atoms with Crippen LogP contribution in [0.1, 0.15) is 20.3 Å². The van der Waals surface area contributed by atoms with E-state index in [0.29, 0.717) is 23.7 Å². The predicted molar refractivity (Wildman–Crippen MR) is 70.8 cm³/mol. The minimum Gasteiger partial charge on any atom is -0.493 e. The summed E-state index contributed by atoms with van der Waals surface area (Å²) in [6.45, 7) is 4.33. The molecule has 1 unspecified atom stereocenters. The van der Waals surface area contributed by atoms with E-state index in [1.807, 2.05) is 6.92 Å². The van der Waals surface area contributed by atoms with E-state index in [1.165, 1.54) is 7.11 Å². The van der Waals surface area contributed by atoms with E-state index < -0.39 is 6.10 Å². The SMILES string of the molecule is CCCNC(=O)C(C)Oc1ccc(N)cc1OC.